The number of carbonyl (C=O) groups is 1. The number of allylic oxidation sites excluding steroid dienone is 2. The number of nitrogens with zero attached hydrogens (tertiary/aromatic N) is 1. The lowest BCUT2D eigenvalue weighted by atomic mass is 9.33. The third-order valence-corrected chi connectivity index (χ3v) is 17.1. The van der Waals surface area contributed by atoms with Gasteiger partial charge in [0.1, 0.15) is 6.10 Å². The fraction of sp³-hybridized carbons (Fsp3) is 0.902. The molecule has 9 N–H and O–H groups in total. The van der Waals surface area contributed by atoms with Crippen molar-refractivity contribution in [3.63, 3.8) is 0 Å². The van der Waals surface area contributed by atoms with Gasteiger partial charge in [0.15, 0.2) is 5.78 Å². The molecular weight excluding hydrogens is 662 g/mol. The molecule has 292 valence electrons. The Bertz CT molecular complexity index is 1460. The molecule has 6 aliphatic carbocycles. The summed E-state index contributed by atoms with van der Waals surface area (Å²) in [5, 5.41) is 75.3. The molecule has 0 aromatic rings. The van der Waals surface area contributed by atoms with Gasteiger partial charge >= 0.3 is 0 Å². The highest BCUT2D eigenvalue weighted by Crippen LogP contribution is 2.76. The van der Waals surface area contributed by atoms with Crippen molar-refractivity contribution in [1.29, 1.82) is 0 Å². The van der Waals surface area contributed by atoms with Crippen molar-refractivity contribution in [2.45, 2.75) is 134 Å². The normalized spacial score (nSPS) is 55.7. The lowest BCUT2D eigenvalue weighted by molar-refractivity contribution is -0.257. The van der Waals surface area contributed by atoms with Crippen molar-refractivity contribution in [3.8, 4) is 0 Å². The monoisotopic (exact) mass is 727 g/mol. The van der Waals surface area contributed by atoms with Gasteiger partial charge in [0, 0.05) is 23.9 Å². The van der Waals surface area contributed by atoms with E-state index in [4.69, 9.17) is 15.5 Å². The van der Waals surface area contributed by atoms with Gasteiger partial charge in [-0.25, -0.2) is 0 Å². The second-order valence-electron chi connectivity index (χ2n) is 19.6. The Labute approximate surface area is 308 Å². The van der Waals surface area contributed by atoms with E-state index < -0.39 is 76.2 Å². The van der Waals surface area contributed by atoms with Crippen LogP contribution < -0.4 is 11.1 Å². The maximum atomic E-state index is 15.4. The first-order valence-corrected chi connectivity index (χ1v) is 20.5. The first-order valence-electron chi connectivity index (χ1n) is 20.5. The van der Waals surface area contributed by atoms with Gasteiger partial charge in [0.05, 0.1) is 54.0 Å². The number of aliphatic hydroxyl groups is 6. The molecule has 7 fully saturated rings. The molecule has 21 atom stereocenters. The molecule has 8 aliphatic rings. The molecular formula is C41H65N3O8. The third kappa shape index (κ3) is 5.08. The van der Waals surface area contributed by atoms with Crippen molar-refractivity contribution < 1.29 is 40.2 Å². The van der Waals surface area contributed by atoms with E-state index in [9.17, 15) is 30.6 Å². The minimum absolute atomic E-state index is 0.0160. The van der Waals surface area contributed by atoms with E-state index in [1.54, 1.807) is 13.8 Å². The number of aliphatic hydroxyl groups excluding tert-OH is 4. The largest absolute Gasteiger partial charge is 0.391 e. The zero-order chi connectivity index (χ0) is 37.3. The van der Waals surface area contributed by atoms with E-state index >= 15 is 4.79 Å². The summed E-state index contributed by atoms with van der Waals surface area (Å²) in [6.07, 6.45) is 4.99. The summed E-state index contributed by atoms with van der Waals surface area (Å²) in [5.74, 6) is -1.98. The standard InChI is InChI=1S/C41H65N3O8/c1-19-18-52-36(21(19)3)37(49)39(5,50)28-12-13-41(51)32-30-22(14-38(28,41)4)6-8-24(23-7-11-29(42)43-17-23)26-10-9-25-31(35(48)33(32)44-16-20(2)45)40(26,30)15-27(46)34(25)47/h6,8,19-32,34,36-37,43,45-47,49-51H,7,9-18,42H2,1-5H3/t19-,20-,21-,22-,23?,24?,25-,26+,27-,28+,29?,30-,31-,32-,34+,36+,37+,38+,39+,40+,41-/m0/s1. The maximum absolute atomic E-state index is 15.4. The van der Waals surface area contributed by atoms with Crippen molar-refractivity contribution in [1.82, 2.24) is 5.32 Å². The molecule has 2 aliphatic heterocycles. The predicted octanol–water partition coefficient (Wildman–Crippen LogP) is 1.80. The number of nitrogens with two attached hydrogens (primary N) is 1. The molecule has 3 unspecified atom stereocenters. The Morgan fingerprint density at radius 3 is 2.50 bits per heavy atom. The molecule has 0 amide bonds. The van der Waals surface area contributed by atoms with Gasteiger partial charge in [-0.1, -0.05) is 32.9 Å². The molecule has 2 heterocycles. The molecule has 0 radical (unpaired) electrons. The van der Waals surface area contributed by atoms with Crippen LogP contribution in [0, 0.1) is 75.9 Å². The van der Waals surface area contributed by atoms with Gasteiger partial charge in [-0.05, 0) is 130 Å². The van der Waals surface area contributed by atoms with Crippen molar-refractivity contribution in [2.75, 3.05) is 19.7 Å². The summed E-state index contributed by atoms with van der Waals surface area (Å²) < 4.78 is 6.09. The minimum atomic E-state index is -1.60. The minimum Gasteiger partial charge on any atom is -0.391 e. The second-order valence-corrected chi connectivity index (χ2v) is 19.6. The van der Waals surface area contributed by atoms with Crippen LogP contribution >= 0.6 is 0 Å². The average molecular weight is 728 g/mol. The van der Waals surface area contributed by atoms with E-state index in [0.717, 1.165) is 25.8 Å². The molecule has 2 saturated heterocycles. The van der Waals surface area contributed by atoms with Crippen molar-refractivity contribution in [2.24, 2.45) is 86.7 Å². The van der Waals surface area contributed by atoms with Gasteiger partial charge in [-0.15, -0.1) is 0 Å². The second kappa shape index (κ2) is 12.9. The van der Waals surface area contributed by atoms with Crippen LogP contribution in [-0.2, 0) is 9.53 Å². The Hall–Kier alpha value is -1.28. The Balaban J connectivity index is 1.29. The van der Waals surface area contributed by atoms with Gasteiger partial charge in [-0.3, -0.25) is 9.79 Å². The van der Waals surface area contributed by atoms with Crippen LogP contribution in [0.4, 0.5) is 0 Å². The molecule has 0 aromatic heterocycles. The Morgan fingerprint density at radius 2 is 1.85 bits per heavy atom. The first-order chi connectivity index (χ1) is 24.5. The topological polar surface area (TPSA) is 198 Å². The number of Topliss-reactive ketones (excluding diaryl/α,β-unsaturated/α-hetero) is 1. The number of aliphatic imine (C=N–C) groups is 1. The van der Waals surface area contributed by atoms with Crippen LogP contribution in [0.15, 0.2) is 17.1 Å². The van der Waals surface area contributed by atoms with Crippen LogP contribution in [0.3, 0.4) is 0 Å². The highest BCUT2D eigenvalue weighted by molar-refractivity contribution is 6.42. The summed E-state index contributed by atoms with van der Waals surface area (Å²) in [6.45, 7) is 10.8. The number of hydrogen-bond donors (Lipinski definition) is 8. The first kappa shape index (κ1) is 37.6. The van der Waals surface area contributed by atoms with Crippen LogP contribution in [0.2, 0.25) is 0 Å². The lowest BCUT2D eigenvalue weighted by Crippen LogP contribution is -2.75. The molecule has 8 rings (SSSR count). The summed E-state index contributed by atoms with van der Waals surface area (Å²) >= 11 is 0. The number of ether oxygens (including phenoxy) is 1. The molecule has 5 saturated carbocycles. The van der Waals surface area contributed by atoms with Crippen molar-refractivity contribution in [3.05, 3.63) is 12.2 Å². The number of fused-ring (bicyclic) bond motifs is 2. The molecule has 11 heteroatoms. The van der Waals surface area contributed by atoms with Crippen LogP contribution in [0.1, 0.15) is 86.0 Å². The molecule has 1 spiro atoms. The van der Waals surface area contributed by atoms with Crippen LogP contribution in [0.5, 0.6) is 0 Å². The molecule has 11 nitrogen and oxygen atoms in total. The number of rotatable bonds is 6. The van der Waals surface area contributed by atoms with E-state index in [0.29, 0.717) is 38.0 Å². The Morgan fingerprint density at radius 1 is 1.10 bits per heavy atom. The van der Waals surface area contributed by atoms with Crippen molar-refractivity contribution >= 4 is 11.5 Å². The zero-order valence-electron chi connectivity index (χ0n) is 31.8. The highest BCUT2D eigenvalue weighted by atomic mass is 16.5. The summed E-state index contributed by atoms with van der Waals surface area (Å²) in [7, 11) is 0. The number of carbonyl (C=O) groups excluding carboxylic acids is 1. The fourth-order valence-electron chi connectivity index (χ4n) is 14.6. The summed E-state index contributed by atoms with van der Waals surface area (Å²) in [6, 6.07) is 0. The van der Waals surface area contributed by atoms with Gasteiger partial charge in [-0.2, -0.15) is 0 Å². The number of hydrogen-bond acceptors (Lipinski definition) is 11. The van der Waals surface area contributed by atoms with E-state index in [1.165, 1.54) is 0 Å². The summed E-state index contributed by atoms with van der Waals surface area (Å²) in [4.78, 5) is 20.3. The Kier molecular flexibility index (Phi) is 9.32. The SMILES string of the molecule is C[C@@H]1[C@H]([C@@H](O)[C@](C)(O)[C@@H]2CC[C@]3(O)[C@@H]4C(=NC[C@H](C)O)C(=O)[C@@H]5[C@@H]6CC[C@@H]7C(C8CCC(N)NC8)C=C[C@@H](C[C@]23C)[C@@H]4[C@@]75C[C@H](O)[C@@H]6O)OC[C@@H]1C. The van der Waals surface area contributed by atoms with Gasteiger partial charge in [0.25, 0.3) is 0 Å². The maximum Gasteiger partial charge on any atom is 0.181 e. The zero-order valence-corrected chi connectivity index (χ0v) is 31.8. The highest BCUT2D eigenvalue weighted by Gasteiger charge is 2.78. The molecule has 2 bridgehead atoms. The lowest BCUT2D eigenvalue weighted by Gasteiger charge is -2.71. The number of ketones is 1. The third-order valence-electron chi connectivity index (χ3n) is 17.1. The van der Waals surface area contributed by atoms with E-state index in [-0.39, 0.29) is 66.3 Å². The number of nitrogens with one attached hydrogen (secondary N) is 1. The van der Waals surface area contributed by atoms with Crippen LogP contribution in [0.25, 0.3) is 0 Å². The summed E-state index contributed by atoms with van der Waals surface area (Å²) in [5.41, 5.74) is 1.93. The smallest absolute Gasteiger partial charge is 0.181 e. The predicted molar refractivity (Wildman–Crippen MR) is 195 cm³/mol. The average Bonchev–Trinajstić information content (AvgIpc) is 3.53. The fourth-order valence-corrected chi connectivity index (χ4v) is 14.6. The number of piperidine rings is 1. The quantitative estimate of drug-likeness (QED) is 0.187. The van der Waals surface area contributed by atoms with E-state index in [2.05, 4.69) is 31.3 Å². The molecule has 0 aromatic carbocycles. The van der Waals surface area contributed by atoms with Crippen LogP contribution in [-0.4, -0.2) is 110 Å². The molecule has 52 heavy (non-hydrogen) atoms. The van der Waals surface area contributed by atoms with Gasteiger partial charge < -0.3 is 46.4 Å². The van der Waals surface area contributed by atoms with E-state index in [1.807, 2.05) is 6.92 Å². The van der Waals surface area contributed by atoms with Gasteiger partial charge in [0.2, 0.25) is 0 Å².